The minimum Gasteiger partial charge on any atom is -0.394 e. The van der Waals surface area contributed by atoms with Crippen LogP contribution in [0.5, 0.6) is 0 Å². The summed E-state index contributed by atoms with van der Waals surface area (Å²) in [5.74, 6) is -1.15. The minimum absolute atomic E-state index is 0.612. The molecule has 14 heteroatoms. The molecule has 8 N–H and O–H groups in total. The summed E-state index contributed by atoms with van der Waals surface area (Å²) in [5, 5.41) is 56.5. The Morgan fingerprint density at radius 1 is 1.16 bits per heavy atom. The summed E-state index contributed by atoms with van der Waals surface area (Å²) in [7, 11) is -4.91. The molecule has 13 nitrogen and oxygen atoms in total. The van der Waals surface area contributed by atoms with Gasteiger partial charge in [-0.1, -0.05) is 0 Å². The van der Waals surface area contributed by atoms with Crippen LogP contribution in [0.1, 0.15) is 0 Å². The van der Waals surface area contributed by atoms with Gasteiger partial charge in [-0.15, -0.1) is 0 Å². The molecule has 1 saturated heterocycles. The van der Waals surface area contributed by atoms with Gasteiger partial charge in [0.15, 0.2) is 12.1 Å². The number of ketones is 1. The number of Topliss-reactive ketones (excluding diaryl/α,β-unsaturated/α-hetero) is 1. The molecule has 1 aliphatic rings. The Morgan fingerprint density at radius 2 is 1.76 bits per heavy atom. The summed E-state index contributed by atoms with van der Waals surface area (Å²) in [6.07, 6.45) is -11.9. The Labute approximate surface area is 141 Å². The fourth-order valence-corrected chi connectivity index (χ4v) is 2.27. The molecule has 0 aromatic heterocycles. The number of carbonyl (C=O) groups excluding carboxylic acids is 1. The van der Waals surface area contributed by atoms with Crippen LogP contribution in [0.3, 0.4) is 0 Å². The molecule has 0 aromatic rings. The number of hydrogen-bond acceptors (Lipinski definition) is 11. The number of rotatable bonds is 10. The molecule has 0 aliphatic carbocycles. The van der Waals surface area contributed by atoms with E-state index in [1.807, 2.05) is 0 Å². The third-order valence-corrected chi connectivity index (χ3v) is 3.83. The molecule has 7 atom stereocenters. The number of hydrogen-bond donors (Lipinski definition) is 8. The normalized spacial score (nSPS) is 30.9. The average Bonchev–Trinajstić information content (AvgIpc) is 2.82. The van der Waals surface area contributed by atoms with Gasteiger partial charge in [0, 0.05) is 0 Å². The highest BCUT2D eigenvalue weighted by atomic mass is 31.2. The van der Waals surface area contributed by atoms with Crippen molar-refractivity contribution in [2.45, 2.75) is 42.9 Å². The summed E-state index contributed by atoms with van der Waals surface area (Å²) >= 11 is 0. The highest BCUT2D eigenvalue weighted by Crippen LogP contribution is 2.35. The quantitative estimate of drug-likeness (QED) is 0.164. The molecule has 4 unspecified atom stereocenters. The maximum absolute atomic E-state index is 11.7. The highest BCUT2D eigenvalue weighted by molar-refractivity contribution is 7.46. The van der Waals surface area contributed by atoms with Crippen LogP contribution in [0.4, 0.5) is 0 Å². The molecular weight excluding hydrogens is 371 g/mol. The van der Waals surface area contributed by atoms with Gasteiger partial charge < -0.3 is 49.9 Å². The number of aliphatic hydroxyl groups excluding tert-OH is 6. The van der Waals surface area contributed by atoms with Crippen molar-refractivity contribution in [2.24, 2.45) is 0 Å². The molecule has 0 radical (unpaired) electrons. The van der Waals surface area contributed by atoms with Gasteiger partial charge in [0.1, 0.15) is 43.2 Å². The number of phosphoric acid groups is 1. The Bertz CT molecular complexity index is 481. The van der Waals surface area contributed by atoms with E-state index in [-0.39, 0.29) is 0 Å². The molecule has 1 aliphatic heterocycles. The van der Waals surface area contributed by atoms with E-state index in [0.717, 1.165) is 0 Å². The van der Waals surface area contributed by atoms with Crippen molar-refractivity contribution in [3.8, 4) is 0 Å². The topological polar surface area (TPSA) is 224 Å². The van der Waals surface area contributed by atoms with Crippen LogP contribution in [0.2, 0.25) is 0 Å². The molecule has 0 aromatic carbocycles. The van der Waals surface area contributed by atoms with Gasteiger partial charge in [-0.3, -0.25) is 9.32 Å². The fraction of sp³-hybridized carbons (Fsp3) is 0.909. The van der Waals surface area contributed by atoms with Crippen LogP contribution in [-0.4, -0.2) is 109 Å². The molecule has 1 rings (SSSR count). The van der Waals surface area contributed by atoms with Crippen LogP contribution >= 0.6 is 7.82 Å². The fourth-order valence-electron chi connectivity index (χ4n) is 1.93. The summed E-state index contributed by atoms with van der Waals surface area (Å²) in [6, 6.07) is 0. The monoisotopic (exact) mass is 392 g/mol. The van der Waals surface area contributed by atoms with E-state index in [1.54, 1.807) is 0 Å². The molecule has 0 saturated carbocycles. The molecule has 1 fully saturated rings. The lowest BCUT2D eigenvalue weighted by molar-refractivity contribution is -0.180. The molecule has 0 bridgehead atoms. The summed E-state index contributed by atoms with van der Waals surface area (Å²) in [4.78, 5) is 28.6. The Morgan fingerprint density at radius 3 is 2.24 bits per heavy atom. The van der Waals surface area contributed by atoms with Gasteiger partial charge in [0.25, 0.3) is 0 Å². The zero-order chi connectivity index (χ0) is 19.4. The van der Waals surface area contributed by atoms with Gasteiger partial charge in [0.05, 0.1) is 13.2 Å². The van der Waals surface area contributed by atoms with Crippen LogP contribution in [0.25, 0.3) is 0 Å². The van der Waals surface area contributed by atoms with E-state index in [4.69, 9.17) is 24.4 Å². The smallest absolute Gasteiger partial charge is 0.394 e. The Balaban J connectivity index is 2.47. The summed E-state index contributed by atoms with van der Waals surface area (Å²) < 4.78 is 24.2. The first-order chi connectivity index (χ1) is 11.5. The first-order valence-corrected chi connectivity index (χ1v) is 8.52. The van der Waals surface area contributed by atoms with Crippen LogP contribution < -0.4 is 0 Å². The first-order valence-electron chi connectivity index (χ1n) is 6.99. The highest BCUT2D eigenvalue weighted by Gasteiger charge is 2.43. The average molecular weight is 392 g/mol. The van der Waals surface area contributed by atoms with E-state index in [0.29, 0.717) is 0 Å². The molecule has 0 amide bonds. The van der Waals surface area contributed by atoms with Crippen molar-refractivity contribution in [1.29, 1.82) is 0 Å². The van der Waals surface area contributed by atoms with E-state index < -0.39 is 76.3 Å². The van der Waals surface area contributed by atoms with Crippen LogP contribution in [-0.2, 0) is 23.4 Å². The van der Waals surface area contributed by atoms with Gasteiger partial charge in [0.2, 0.25) is 0 Å². The van der Waals surface area contributed by atoms with E-state index in [1.165, 1.54) is 0 Å². The first kappa shape index (κ1) is 22.5. The van der Waals surface area contributed by atoms with E-state index >= 15 is 0 Å². The van der Waals surface area contributed by atoms with Gasteiger partial charge >= 0.3 is 7.82 Å². The number of phosphoric ester groups is 1. The van der Waals surface area contributed by atoms with Crippen LogP contribution in [0.15, 0.2) is 0 Å². The molecule has 25 heavy (non-hydrogen) atoms. The van der Waals surface area contributed by atoms with Crippen molar-refractivity contribution in [1.82, 2.24) is 0 Å². The second-order valence-electron chi connectivity index (χ2n) is 5.27. The Hall–Kier alpha value is -0.540. The molecule has 148 valence electrons. The van der Waals surface area contributed by atoms with Gasteiger partial charge in [-0.25, -0.2) is 4.57 Å². The summed E-state index contributed by atoms with van der Waals surface area (Å²) in [5.41, 5.74) is 0. The van der Waals surface area contributed by atoms with Crippen molar-refractivity contribution in [3.63, 3.8) is 0 Å². The minimum atomic E-state index is -4.91. The standard InChI is InChI=1S/C11H21O13P/c12-1-6-9(17)10(18)11(24-6)22-2-4(13)7(15)8(16)5(14)3-23-25(19,20)21/h5-12,14-18H,1-3H2,(H2,19,20,21)/t5?,6-,7?,8?,9-,10-,11?/m1/s1. The van der Waals surface area contributed by atoms with E-state index in [2.05, 4.69) is 4.52 Å². The number of carbonyl (C=O) groups is 1. The second-order valence-corrected chi connectivity index (χ2v) is 6.51. The molecule has 1 heterocycles. The van der Waals surface area contributed by atoms with Crippen molar-refractivity contribution in [3.05, 3.63) is 0 Å². The molecule has 0 spiro atoms. The predicted molar refractivity (Wildman–Crippen MR) is 74.7 cm³/mol. The van der Waals surface area contributed by atoms with Crippen molar-refractivity contribution in [2.75, 3.05) is 19.8 Å². The third-order valence-electron chi connectivity index (χ3n) is 3.35. The summed E-state index contributed by atoms with van der Waals surface area (Å²) in [6.45, 7) is -2.55. The zero-order valence-electron chi connectivity index (χ0n) is 12.7. The molecular formula is C11H21O13P. The SMILES string of the molecule is O=C(COC1O[C@H](CO)[C@@H](O)[C@H]1O)C(O)C(O)C(O)COP(=O)(O)O. The van der Waals surface area contributed by atoms with Gasteiger partial charge in [-0.05, 0) is 0 Å². The lowest BCUT2D eigenvalue weighted by atomic mass is 10.1. The van der Waals surface area contributed by atoms with E-state index in [9.17, 15) is 34.9 Å². The van der Waals surface area contributed by atoms with Crippen molar-refractivity contribution < 1.29 is 63.8 Å². The second kappa shape index (κ2) is 9.41. The maximum atomic E-state index is 11.7. The zero-order valence-corrected chi connectivity index (χ0v) is 13.6. The lowest BCUT2D eigenvalue weighted by Gasteiger charge is -2.23. The third kappa shape index (κ3) is 6.60. The number of aliphatic hydroxyl groups is 6. The van der Waals surface area contributed by atoms with Gasteiger partial charge in [-0.2, -0.15) is 0 Å². The number of ether oxygens (including phenoxy) is 2. The Kier molecular flexibility index (Phi) is 8.47. The predicted octanol–water partition coefficient (Wildman–Crippen LogP) is -4.80. The largest absolute Gasteiger partial charge is 0.469 e. The maximum Gasteiger partial charge on any atom is 0.469 e. The van der Waals surface area contributed by atoms with Crippen LogP contribution in [0, 0.1) is 0 Å². The lowest BCUT2D eigenvalue weighted by Crippen LogP contribution is -2.46. The van der Waals surface area contributed by atoms with Crippen molar-refractivity contribution >= 4 is 13.6 Å².